The summed E-state index contributed by atoms with van der Waals surface area (Å²) >= 11 is 5.84. The molecule has 2 aromatic rings. The second-order valence-corrected chi connectivity index (χ2v) is 2.97. The van der Waals surface area contributed by atoms with Crippen LogP contribution in [-0.4, -0.2) is 10.1 Å². The van der Waals surface area contributed by atoms with Crippen molar-refractivity contribution in [3.8, 4) is 5.75 Å². The molecule has 0 unspecified atom stereocenters. The monoisotopic (exact) mass is 182 g/mol. The summed E-state index contributed by atoms with van der Waals surface area (Å²) in [4.78, 5) is 2.88. The van der Waals surface area contributed by atoms with Gasteiger partial charge >= 0.3 is 0 Å². The predicted molar refractivity (Wildman–Crippen MR) is 49.4 cm³/mol. The van der Waals surface area contributed by atoms with Gasteiger partial charge in [0, 0.05) is 6.20 Å². The molecule has 4 N–H and O–H groups in total. The second-order valence-electron chi connectivity index (χ2n) is 2.56. The molecule has 0 atom stereocenters. The van der Waals surface area contributed by atoms with Crippen molar-refractivity contribution in [2.45, 2.75) is 0 Å². The SMILES string of the molecule is Nc1c[nH]c2c(Cl)ccc(O)c12. The number of anilines is 1. The Morgan fingerprint density at radius 1 is 1.42 bits per heavy atom. The molecule has 0 aliphatic rings. The van der Waals surface area contributed by atoms with Gasteiger partial charge in [-0.1, -0.05) is 11.6 Å². The Bertz CT molecular complexity index is 436. The van der Waals surface area contributed by atoms with Crippen LogP contribution in [0.5, 0.6) is 5.75 Å². The zero-order chi connectivity index (χ0) is 8.72. The van der Waals surface area contributed by atoms with Crippen molar-refractivity contribution in [2.75, 3.05) is 5.73 Å². The molecule has 0 saturated heterocycles. The fourth-order valence-electron chi connectivity index (χ4n) is 1.22. The minimum absolute atomic E-state index is 0.146. The highest BCUT2D eigenvalue weighted by Crippen LogP contribution is 2.33. The van der Waals surface area contributed by atoms with Crippen molar-refractivity contribution in [3.63, 3.8) is 0 Å². The maximum Gasteiger partial charge on any atom is 0.127 e. The van der Waals surface area contributed by atoms with E-state index in [1.807, 2.05) is 0 Å². The van der Waals surface area contributed by atoms with Crippen LogP contribution in [0, 0.1) is 0 Å². The largest absolute Gasteiger partial charge is 0.507 e. The Balaban J connectivity index is 2.98. The molecule has 62 valence electrons. The molecular formula is C8H7ClN2O. The first-order valence-electron chi connectivity index (χ1n) is 3.44. The molecule has 0 aliphatic heterocycles. The van der Waals surface area contributed by atoms with Crippen LogP contribution in [0.2, 0.25) is 5.02 Å². The standard InChI is InChI=1S/C8H7ClN2O/c9-4-1-2-6(12)7-5(10)3-11-8(4)7/h1-3,11-12H,10H2. The number of fused-ring (bicyclic) bond motifs is 1. The molecule has 1 heterocycles. The van der Waals surface area contributed by atoms with Crippen molar-refractivity contribution < 1.29 is 5.11 Å². The van der Waals surface area contributed by atoms with Crippen LogP contribution in [0.3, 0.4) is 0 Å². The Morgan fingerprint density at radius 3 is 2.83 bits per heavy atom. The molecule has 0 amide bonds. The first-order valence-corrected chi connectivity index (χ1v) is 3.82. The number of aromatic hydroxyl groups is 1. The normalized spacial score (nSPS) is 10.8. The van der Waals surface area contributed by atoms with Gasteiger partial charge in [0.05, 0.1) is 21.6 Å². The number of benzene rings is 1. The molecule has 1 aromatic carbocycles. The molecule has 12 heavy (non-hydrogen) atoms. The van der Waals surface area contributed by atoms with Gasteiger partial charge in [-0.3, -0.25) is 0 Å². The zero-order valence-corrected chi connectivity index (χ0v) is 6.89. The van der Waals surface area contributed by atoms with E-state index in [0.29, 0.717) is 21.6 Å². The average Bonchev–Trinajstić information content (AvgIpc) is 2.42. The lowest BCUT2D eigenvalue weighted by molar-refractivity contribution is 0.482. The molecular weight excluding hydrogens is 176 g/mol. The number of halogens is 1. The maximum absolute atomic E-state index is 9.41. The van der Waals surface area contributed by atoms with Crippen LogP contribution in [-0.2, 0) is 0 Å². The number of aromatic nitrogens is 1. The minimum Gasteiger partial charge on any atom is -0.507 e. The lowest BCUT2D eigenvalue weighted by Gasteiger charge is -1.97. The zero-order valence-electron chi connectivity index (χ0n) is 6.13. The maximum atomic E-state index is 9.41. The molecule has 0 bridgehead atoms. The summed E-state index contributed by atoms with van der Waals surface area (Å²) in [6.45, 7) is 0. The fourth-order valence-corrected chi connectivity index (χ4v) is 1.43. The summed E-state index contributed by atoms with van der Waals surface area (Å²) in [7, 11) is 0. The van der Waals surface area contributed by atoms with E-state index < -0.39 is 0 Å². The number of rotatable bonds is 0. The van der Waals surface area contributed by atoms with Crippen LogP contribution in [0.1, 0.15) is 0 Å². The van der Waals surface area contributed by atoms with E-state index in [9.17, 15) is 5.11 Å². The third-order valence-electron chi connectivity index (χ3n) is 1.79. The van der Waals surface area contributed by atoms with E-state index in [2.05, 4.69) is 4.98 Å². The van der Waals surface area contributed by atoms with Crippen molar-refractivity contribution in [1.82, 2.24) is 4.98 Å². The van der Waals surface area contributed by atoms with Crippen molar-refractivity contribution in [2.24, 2.45) is 0 Å². The van der Waals surface area contributed by atoms with Gasteiger partial charge in [-0.05, 0) is 12.1 Å². The Morgan fingerprint density at radius 2 is 2.17 bits per heavy atom. The van der Waals surface area contributed by atoms with Gasteiger partial charge in [0.15, 0.2) is 0 Å². The lowest BCUT2D eigenvalue weighted by atomic mass is 10.2. The van der Waals surface area contributed by atoms with E-state index in [-0.39, 0.29) is 5.75 Å². The summed E-state index contributed by atoms with van der Waals surface area (Å²) in [6.07, 6.45) is 1.61. The number of hydrogen-bond acceptors (Lipinski definition) is 2. The van der Waals surface area contributed by atoms with Crippen molar-refractivity contribution in [1.29, 1.82) is 0 Å². The Hall–Kier alpha value is -1.35. The van der Waals surface area contributed by atoms with Crippen molar-refractivity contribution in [3.05, 3.63) is 23.4 Å². The summed E-state index contributed by atoms with van der Waals surface area (Å²) in [5.74, 6) is 0.146. The van der Waals surface area contributed by atoms with E-state index in [1.54, 1.807) is 12.3 Å². The summed E-state index contributed by atoms with van der Waals surface area (Å²) in [5, 5.41) is 10.5. The quantitative estimate of drug-likeness (QED) is 0.584. The molecule has 4 heteroatoms. The average molecular weight is 183 g/mol. The van der Waals surface area contributed by atoms with E-state index in [1.165, 1.54) is 6.07 Å². The van der Waals surface area contributed by atoms with Gasteiger partial charge in [0.25, 0.3) is 0 Å². The van der Waals surface area contributed by atoms with Gasteiger partial charge in [-0.2, -0.15) is 0 Å². The fraction of sp³-hybridized carbons (Fsp3) is 0. The highest BCUT2D eigenvalue weighted by atomic mass is 35.5. The molecule has 0 aliphatic carbocycles. The highest BCUT2D eigenvalue weighted by Gasteiger charge is 2.07. The number of phenolic OH excluding ortho intramolecular Hbond substituents is 1. The van der Waals surface area contributed by atoms with Crippen molar-refractivity contribution >= 4 is 28.2 Å². The third kappa shape index (κ3) is 0.833. The summed E-state index contributed by atoms with van der Waals surface area (Å²) < 4.78 is 0. The Kier molecular flexibility index (Phi) is 1.41. The number of H-pyrrole nitrogens is 1. The van der Waals surface area contributed by atoms with E-state index >= 15 is 0 Å². The van der Waals surface area contributed by atoms with Gasteiger partial charge in [0.2, 0.25) is 0 Å². The van der Waals surface area contributed by atoms with Crippen LogP contribution in [0.4, 0.5) is 5.69 Å². The molecule has 0 radical (unpaired) electrons. The van der Waals surface area contributed by atoms with Crippen LogP contribution >= 0.6 is 11.6 Å². The van der Waals surface area contributed by atoms with Crippen LogP contribution in [0.25, 0.3) is 10.9 Å². The number of nitrogens with two attached hydrogens (primary N) is 1. The van der Waals surface area contributed by atoms with Gasteiger partial charge in [-0.25, -0.2) is 0 Å². The van der Waals surface area contributed by atoms with Gasteiger partial charge < -0.3 is 15.8 Å². The molecule has 0 saturated carbocycles. The van der Waals surface area contributed by atoms with E-state index in [0.717, 1.165) is 0 Å². The number of nitrogens with one attached hydrogen (secondary N) is 1. The third-order valence-corrected chi connectivity index (χ3v) is 2.11. The number of hydrogen-bond donors (Lipinski definition) is 3. The van der Waals surface area contributed by atoms with Crippen LogP contribution in [0.15, 0.2) is 18.3 Å². The topological polar surface area (TPSA) is 62.0 Å². The molecule has 3 nitrogen and oxygen atoms in total. The number of phenols is 1. The highest BCUT2D eigenvalue weighted by molar-refractivity contribution is 6.35. The number of aromatic amines is 1. The molecule has 2 rings (SSSR count). The van der Waals surface area contributed by atoms with Gasteiger partial charge in [-0.15, -0.1) is 0 Å². The molecule has 0 spiro atoms. The minimum atomic E-state index is 0.146. The predicted octanol–water partition coefficient (Wildman–Crippen LogP) is 2.11. The first kappa shape index (κ1) is 7.31. The van der Waals surface area contributed by atoms with E-state index in [4.69, 9.17) is 17.3 Å². The van der Waals surface area contributed by atoms with Gasteiger partial charge in [0.1, 0.15) is 5.75 Å². The second kappa shape index (κ2) is 2.32. The summed E-state index contributed by atoms with van der Waals surface area (Å²) in [5.41, 5.74) is 6.78. The van der Waals surface area contributed by atoms with Crippen LogP contribution < -0.4 is 5.73 Å². The number of nitrogen functional groups attached to an aromatic ring is 1. The molecule has 1 aromatic heterocycles. The first-order chi connectivity index (χ1) is 5.70. The molecule has 0 fully saturated rings. The Labute approximate surface area is 73.8 Å². The smallest absolute Gasteiger partial charge is 0.127 e. The summed E-state index contributed by atoms with van der Waals surface area (Å²) in [6, 6.07) is 3.14. The lowest BCUT2D eigenvalue weighted by Crippen LogP contribution is -1.80.